The van der Waals surface area contributed by atoms with E-state index in [-0.39, 0.29) is 17.8 Å². The van der Waals surface area contributed by atoms with E-state index in [1.54, 1.807) is 42.7 Å². The lowest BCUT2D eigenvalue weighted by molar-refractivity contribution is -0.123. The van der Waals surface area contributed by atoms with Gasteiger partial charge in [-0.3, -0.25) is 0 Å². The normalized spacial score (nSPS) is 12.7. The Balaban J connectivity index is 1.99. The number of hydrogen-bond donors (Lipinski definition) is 0. The molecule has 0 aromatic heterocycles. The molecule has 0 heterocycles. The maximum atomic E-state index is 6.00. The highest BCUT2D eigenvalue weighted by molar-refractivity contribution is 5.46. The van der Waals surface area contributed by atoms with E-state index in [9.17, 15) is 0 Å². The highest BCUT2D eigenvalue weighted by atomic mass is 16.7. The van der Waals surface area contributed by atoms with E-state index in [4.69, 9.17) is 28.4 Å². The molecule has 0 aliphatic rings. The summed E-state index contributed by atoms with van der Waals surface area (Å²) in [4.78, 5) is 0. The molecule has 6 heteroatoms. The molecule has 2 atom stereocenters. The molecule has 0 N–H and O–H groups in total. The Morgan fingerprint density at radius 1 is 0.350 bits per heavy atom. The van der Waals surface area contributed by atoms with Crippen LogP contribution in [0.4, 0.5) is 0 Å². The van der Waals surface area contributed by atoms with Gasteiger partial charge in [-0.1, -0.05) is 48.5 Å². The molecular formula is C34H38O6. The summed E-state index contributed by atoms with van der Waals surface area (Å²) in [5.74, 6) is 2.81. The fourth-order valence-electron chi connectivity index (χ4n) is 5.41. The molecule has 0 amide bonds. The van der Waals surface area contributed by atoms with E-state index < -0.39 is 6.29 Å². The second-order valence-electron chi connectivity index (χ2n) is 9.46. The van der Waals surface area contributed by atoms with Gasteiger partial charge < -0.3 is 28.4 Å². The van der Waals surface area contributed by atoms with Crippen molar-refractivity contribution >= 4 is 0 Å². The third-order valence-corrected chi connectivity index (χ3v) is 7.46. The Labute approximate surface area is 237 Å². The van der Waals surface area contributed by atoms with Crippen LogP contribution in [0.1, 0.15) is 40.0 Å². The van der Waals surface area contributed by atoms with Gasteiger partial charge in [0.05, 0.1) is 28.4 Å². The maximum Gasteiger partial charge on any atom is 0.164 e. The van der Waals surface area contributed by atoms with E-state index in [0.717, 1.165) is 45.3 Å². The van der Waals surface area contributed by atoms with Crippen LogP contribution < -0.4 is 18.9 Å². The average molecular weight is 543 g/mol. The van der Waals surface area contributed by atoms with Crippen molar-refractivity contribution in [1.82, 2.24) is 0 Å². The van der Waals surface area contributed by atoms with Crippen molar-refractivity contribution in [2.75, 3.05) is 42.7 Å². The smallest absolute Gasteiger partial charge is 0.164 e. The van der Waals surface area contributed by atoms with Crippen molar-refractivity contribution in [2.45, 2.75) is 24.0 Å². The van der Waals surface area contributed by atoms with Crippen molar-refractivity contribution in [3.05, 3.63) is 119 Å². The second-order valence-corrected chi connectivity index (χ2v) is 9.46. The quantitative estimate of drug-likeness (QED) is 0.169. The molecule has 0 radical (unpaired) electrons. The zero-order chi connectivity index (χ0) is 28.5. The van der Waals surface area contributed by atoms with E-state index in [1.807, 2.05) is 48.5 Å². The molecule has 210 valence electrons. The minimum atomic E-state index is -0.528. The second kappa shape index (κ2) is 13.9. The van der Waals surface area contributed by atoms with Gasteiger partial charge in [-0.05, 0) is 70.8 Å². The summed E-state index contributed by atoms with van der Waals surface area (Å²) in [7, 11) is 10.1. The first-order valence-electron chi connectivity index (χ1n) is 13.2. The minimum Gasteiger partial charge on any atom is -0.497 e. The van der Waals surface area contributed by atoms with Crippen LogP contribution in [0.25, 0.3) is 0 Å². The Hall–Kier alpha value is -4.00. The molecule has 0 unspecified atom stereocenters. The molecule has 4 aromatic rings. The van der Waals surface area contributed by atoms with Crippen molar-refractivity contribution in [3.8, 4) is 23.0 Å². The van der Waals surface area contributed by atoms with Crippen LogP contribution in [0.3, 0.4) is 0 Å². The summed E-state index contributed by atoms with van der Waals surface area (Å²) < 4.78 is 33.9. The molecular weight excluding hydrogens is 504 g/mol. The molecule has 4 rings (SSSR count). The number of benzene rings is 4. The predicted octanol–water partition coefficient (Wildman–Crippen LogP) is 7.04. The minimum absolute atomic E-state index is 0.0786. The fourth-order valence-corrected chi connectivity index (χ4v) is 5.41. The van der Waals surface area contributed by atoms with E-state index in [1.165, 1.54) is 0 Å². The van der Waals surface area contributed by atoms with E-state index in [0.29, 0.717) is 0 Å². The summed E-state index contributed by atoms with van der Waals surface area (Å²) in [6.07, 6.45) is -0.528. The molecule has 0 saturated carbocycles. The van der Waals surface area contributed by atoms with Gasteiger partial charge in [0.25, 0.3) is 0 Å². The Morgan fingerprint density at radius 3 is 0.900 bits per heavy atom. The SMILES string of the molecule is COc1ccc(C(c2ccc(OC)cc2)[C@H](c2ccc(OC)cc2)[C@@H](c2ccc(OC)cc2)C(OC)OC)cc1. The number of hydrogen-bond acceptors (Lipinski definition) is 6. The molecule has 0 saturated heterocycles. The van der Waals surface area contributed by atoms with E-state index in [2.05, 4.69) is 48.5 Å². The lowest BCUT2D eigenvalue weighted by atomic mass is 9.68. The van der Waals surface area contributed by atoms with E-state index >= 15 is 0 Å². The van der Waals surface area contributed by atoms with Gasteiger partial charge in [0.2, 0.25) is 0 Å². The first-order chi connectivity index (χ1) is 19.6. The molecule has 4 aromatic carbocycles. The summed E-state index contributed by atoms with van der Waals surface area (Å²) in [5, 5.41) is 0. The third-order valence-electron chi connectivity index (χ3n) is 7.46. The number of methoxy groups -OCH3 is 6. The van der Waals surface area contributed by atoms with Crippen LogP contribution in [0.2, 0.25) is 0 Å². The lowest BCUT2D eigenvalue weighted by Crippen LogP contribution is -2.32. The molecule has 0 fully saturated rings. The topological polar surface area (TPSA) is 55.4 Å². The van der Waals surface area contributed by atoms with Crippen molar-refractivity contribution in [2.24, 2.45) is 0 Å². The fraction of sp³-hybridized carbons (Fsp3) is 0.294. The van der Waals surface area contributed by atoms with Gasteiger partial charge in [0.1, 0.15) is 23.0 Å². The largest absolute Gasteiger partial charge is 0.497 e. The Kier molecular flexibility index (Phi) is 10.1. The molecule has 0 bridgehead atoms. The van der Waals surface area contributed by atoms with Crippen LogP contribution in [0.5, 0.6) is 23.0 Å². The van der Waals surface area contributed by atoms with Gasteiger partial charge in [-0.2, -0.15) is 0 Å². The maximum absolute atomic E-state index is 6.00. The number of ether oxygens (including phenoxy) is 6. The van der Waals surface area contributed by atoms with Gasteiger partial charge in [-0.15, -0.1) is 0 Å². The first kappa shape index (κ1) is 29.0. The van der Waals surface area contributed by atoms with Crippen molar-refractivity contribution in [3.63, 3.8) is 0 Å². The molecule has 6 nitrogen and oxygen atoms in total. The standard InChI is InChI=1S/C34H38O6/c1-35-27-15-7-23(8-16-27)31(24-9-17-28(36-2)18-10-24)32(25-11-19-29(37-3)20-12-25)33(34(39-5)40-6)26-13-21-30(38-4)22-14-26/h7-22,31-34H,1-6H3/t32-,33+/m0/s1. The highest BCUT2D eigenvalue weighted by Crippen LogP contribution is 2.49. The van der Waals surface area contributed by atoms with Crippen LogP contribution >= 0.6 is 0 Å². The van der Waals surface area contributed by atoms with Gasteiger partial charge in [-0.25, -0.2) is 0 Å². The van der Waals surface area contributed by atoms with Crippen LogP contribution in [-0.2, 0) is 9.47 Å². The van der Waals surface area contributed by atoms with Gasteiger partial charge >= 0.3 is 0 Å². The van der Waals surface area contributed by atoms with Crippen molar-refractivity contribution in [1.29, 1.82) is 0 Å². The zero-order valence-corrected chi connectivity index (χ0v) is 24.0. The van der Waals surface area contributed by atoms with Gasteiger partial charge in [0, 0.05) is 32.0 Å². The summed E-state index contributed by atoms with van der Waals surface area (Å²) in [6.45, 7) is 0. The predicted molar refractivity (Wildman–Crippen MR) is 157 cm³/mol. The summed E-state index contributed by atoms with van der Waals surface area (Å²) in [5.41, 5.74) is 4.47. The van der Waals surface area contributed by atoms with Gasteiger partial charge in [0.15, 0.2) is 6.29 Å². The monoisotopic (exact) mass is 542 g/mol. The lowest BCUT2D eigenvalue weighted by Gasteiger charge is -2.38. The number of rotatable bonds is 13. The van der Waals surface area contributed by atoms with Crippen LogP contribution in [0.15, 0.2) is 97.1 Å². The van der Waals surface area contributed by atoms with Crippen molar-refractivity contribution < 1.29 is 28.4 Å². The molecule has 0 aliphatic heterocycles. The highest BCUT2D eigenvalue weighted by Gasteiger charge is 2.39. The average Bonchev–Trinajstić information content (AvgIpc) is 3.03. The first-order valence-corrected chi connectivity index (χ1v) is 13.2. The summed E-state index contributed by atoms with van der Waals surface area (Å²) in [6, 6.07) is 32.9. The molecule has 40 heavy (non-hydrogen) atoms. The van der Waals surface area contributed by atoms with Crippen LogP contribution in [-0.4, -0.2) is 48.9 Å². The van der Waals surface area contributed by atoms with Crippen LogP contribution in [0, 0.1) is 0 Å². The zero-order valence-electron chi connectivity index (χ0n) is 24.0. The third kappa shape index (κ3) is 6.41. The summed E-state index contributed by atoms with van der Waals surface area (Å²) >= 11 is 0. The Bertz CT molecular complexity index is 1250. The molecule has 0 spiro atoms. The molecule has 0 aliphatic carbocycles. The Morgan fingerprint density at radius 2 is 0.625 bits per heavy atom.